The van der Waals surface area contributed by atoms with Crippen molar-refractivity contribution in [2.24, 2.45) is 0 Å². The van der Waals surface area contributed by atoms with Gasteiger partial charge in [-0.3, -0.25) is 4.79 Å². The molecule has 0 aliphatic carbocycles. The number of aromatic hydroxyl groups is 1. The van der Waals surface area contributed by atoms with Crippen LogP contribution in [-0.2, 0) is 0 Å². The van der Waals surface area contributed by atoms with Gasteiger partial charge in [-0.25, -0.2) is 0 Å². The molecule has 3 N–H and O–H groups in total. The van der Waals surface area contributed by atoms with Gasteiger partial charge >= 0.3 is 0 Å². The quantitative estimate of drug-likeness (QED) is 0.807. The number of amides is 1. The van der Waals surface area contributed by atoms with Gasteiger partial charge in [-0.1, -0.05) is 24.3 Å². The lowest BCUT2D eigenvalue weighted by atomic mass is 10.1. The number of phenols is 1. The predicted octanol–water partition coefficient (Wildman–Crippen LogP) is 3.23. The summed E-state index contributed by atoms with van der Waals surface area (Å²) in [6, 6.07) is 12.7. The normalized spacial score (nSPS) is 12.0. The molecule has 0 heterocycles. The van der Waals surface area contributed by atoms with E-state index in [1.54, 1.807) is 19.1 Å². The molecule has 0 fully saturated rings. The maximum atomic E-state index is 12.3. The largest absolute Gasteiger partial charge is 0.508 e. The van der Waals surface area contributed by atoms with E-state index >= 15 is 0 Å². The second-order valence-corrected chi connectivity index (χ2v) is 5.05. The molecule has 0 radical (unpaired) electrons. The number of aryl methyl sites for hydroxylation is 1. The summed E-state index contributed by atoms with van der Waals surface area (Å²) >= 11 is 0. The monoisotopic (exact) mass is 284 g/mol. The SMILES string of the molecule is CNC(C)c1ccccc1NC(=O)c1ccc(C)c(O)c1. The molecule has 0 bridgehead atoms. The van der Waals surface area contributed by atoms with Crippen LogP contribution in [0.5, 0.6) is 5.75 Å². The maximum Gasteiger partial charge on any atom is 0.255 e. The number of rotatable bonds is 4. The topological polar surface area (TPSA) is 61.4 Å². The third-order valence-corrected chi connectivity index (χ3v) is 3.58. The smallest absolute Gasteiger partial charge is 0.255 e. The molecule has 2 rings (SSSR count). The Hall–Kier alpha value is -2.33. The van der Waals surface area contributed by atoms with E-state index in [4.69, 9.17) is 0 Å². The van der Waals surface area contributed by atoms with Crippen molar-refractivity contribution >= 4 is 11.6 Å². The van der Waals surface area contributed by atoms with E-state index in [9.17, 15) is 9.90 Å². The minimum Gasteiger partial charge on any atom is -0.508 e. The summed E-state index contributed by atoms with van der Waals surface area (Å²) in [5.74, 6) is -0.111. The van der Waals surface area contributed by atoms with Crippen LogP contribution in [0.4, 0.5) is 5.69 Å². The second-order valence-electron chi connectivity index (χ2n) is 5.05. The number of benzene rings is 2. The van der Waals surface area contributed by atoms with Gasteiger partial charge in [0.05, 0.1) is 0 Å². The van der Waals surface area contributed by atoms with Gasteiger partial charge in [0.25, 0.3) is 5.91 Å². The van der Waals surface area contributed by atoms with Gasteiger partial charge in [0.2, 0.25) is 0 Å². The van der Waals surface area contributed by atoms with Gasteiger partial charge in [0.15, 0.2) is 0 Å². The molecular weight excluding hydrogens is 264 g/mol. The Bertz CT molecular complexity index is 653. The van der Waals surface area contributed by atoms with Crippen molar-refractivity contribution in [1.29, 1.82) is 0 Å². The van der Waals surface area contributed by atoms with E-state index in [0.29, 0.717) is 5.56 Å². The molecule has 1 atom stereocenters. The van der Waals surface area contributed by atoms with Crippen molar-refractivity contribution in [3.05, 3.63) is 59.2 Å². The van der Waals surface area contributed by atoms with Crippen LogP contribution in [0.3, 0.4) is 0 Å². The average Bonchev–Trinajstić information content (AvgIpc) is 2.49. The first kappa shape index (κ1) is 15.1. The molecule has 110 valence electrons. The summed E-state index contributed by atoms with van der Waals surface area (Å²) in [4.78, 5) is 12.3. The van der Waals surface area contributed by atoms with Crippen LogP contribution in [0.2, 0.25) is 0 Å². The van der Waals surface area contributed by atoms with Crippen LogP contribution >= 0.6 is 0 Å². The lowest BCUT2D eigenvalue weighted by molar-refractivity contribution is 0.102. The highest BCUT2D eigenvalue weighted by molar-refractivity contribution is 6.05. The van der Waals surface area contributed by atoms with Crippen LogP contribution in [-0.4, -0.2) is 18.1 Å². The number of hydrogen-bond acceptors (Lipinski definition) is 3. The molecule has 1 unspecified atom stereocenters. The Morgan fingerprint density at radius 1 is 1.19 bits per heavy atom. The Balaban J connectivity index is 2.25. The van der Waals surface area contributed by atoms with E-state index < -0.39 is 0 Å². The minimum atomic E-state index is -0.235. The van der Waals surface area contributed by atoms with Crippen LogP contribution < -0.4 is 10.6 Å². The Morgan fingerprint density at radius 2 is 1.90 bits per heavy atom. The average molecular weight is 284 g/mol. The molecule has 2 aromatic rings. The highest BCUT2D eigenvalue weighted by Gasteiger charge is 2.13. The number of phenolic OH excluding ortho intramolecular Hbond substituents is 1. The van der Waals surface area contributed by atoms with Crippen molar-refractivity contribution in [3.63, 3.8) is 0 Å². The van der Waals surface area contributed by atoms with Crippen molar-refractivity contribution in [3.8, 4) is 5.75 Å². The molecular formula is C17H20N2O2. The molecule has 0 aliphatic rings. The van der Waals surface area contributed by atoms with E-state index in [1.165, 1.54) is 6.07 Å². The molecule has 1 amide bonds. The Labute approximate surface area is 124 Å². The zero-order chi connectivity index (χ0) is 15.4. The first-order valence-electron chi connectivity index (χ1n) is 6.90. The highest BCUT2D eigenvalue weighted by Crippen LogP contribution is 2.24. The molecule has 0 spiro atoms. The van der Waals surface area contributed by atoms with Gasteiger partial charge in [0, 0.05) is 17.3 Å². The standard InChI is InChI=1S/C17H20N2O2/c1-11-8-9-13(10-16(11)20)17(21)19-15-7-5-4-6-14(15)12(2)18-3/h4-10,12,18,20H,1-3H3,(H,19,21). The van der Waals surface area contributed by atoms with Gasteiger partial charge in [0.1, 0.15) is 5.75 Å². The molecule has 0 saturated carbocycles. The molecule has 2 aromatic carbocycles. The van der Waals surface area contributed by atoms with Crippen molar-refractivity contribution in [2.75, 3.05) is 12.4 Å². The zero-order valence-corrected chi connectivity index (χ0v) is 12.5. The third kappa shape index (κ3) is 3.41. The van der Waals surface area contributed by atoms with E-state index in [0.717, 1.165) is 16.8 Å². The Kier molecular flexibility index (Phi) is 4.60. The van der Waals surface area contributed by atoms with Crippen molar-refractivity contribution in [1.82, 2.24) is 5.32 Å². The number of hydrogen-bond donors (Lipinski definition) is 3. The Morgan fingerprint density at radius 3 is 2.57 bits per heavy atom. The number of nitrogens with one attached hydrogen (secondary N) is 2. The van der Waals surface area contributed by atoms with E-state index in [-0.39, 0.29) is 17.7 Å². The second kappa shape index (κ2) is 6.41. The number of para-hydroxylation sites is 1. The van der Waals surface area contributed by atoms with Crippen LogP contribution in [0.25, 0.3) is 0 Å². The summed E-state index contributed by atoms with van der Waals surface area (Å²) in [5.41, 5.74) is 2.97. The van der Waals surface area contributed by atoms with Crippen molar-refractivity contribution < 1.29 is 9.90 Å². The zero-order valence-electron chi connectivity index (χ0n) is 12.5. The molecule has 0 saturated heterocycles. The predicted molar refractivity (Wildman–Crippen MR) is 84.7 cm³/mol. The number of carbonyl (C=O) groups is 1. The molecule has 0 aromatic heterocycles. The fraction of sp³-hybridized carbons (Fsp3) is 0.235. The van der Waals surface area contributed by atoms with Crippen LogP contribution in [0, 0.1) is 6.92 Å². The van der Waals surface area contributed by atoms with Gasteiger partial charge < -0.3 is 15.7 Å². The summed E-state index contributed by atoms with van der Waals surface area (Å²) < 4.78 is 0. The first-order valence-corrected chi connectivity index (χ1v) is 6.90. The van der Waals surface area contributed by atoms with Crippen molar-refractivity contribution in [2.45, 2.75) is 19.9 Å². The highest BCUT2D eigenvalue weighted by atomic mass is 16.3. The summed E-state index contributed by atoms with van der Waals surface area (Å²) in [6.07, 6.45) is 0. The third-order valence-electron chi connectivity index (χ3n) is 3.58. The minimum absolute atomic E-state index is 0.125. The van der Waals surface area contributed by atoms with Crippen LogP contribution in [0.1, 0.15) is 34.5 Å². The summed E-state index contributed by atoms with van der Waals surface area (Å²) in [7, 11) is 1.88. The van der Waals surface area contributed by atoms with Gasteiger partial charge in [-0.05, 0) is 50.2 Å². The summed E-state index contributed by atoms with van der Waals surface area (Å²) in [6.45, 7) is 3.82. The van der Waals surface area contributed by atoms with Gasteiger partial charge in [-0.15, -0.1) is 0 Å². The molecule has 4 nitrogen and oxygen atoms in total. The van der Waals surface area contributed by atoms with E-state index in [2.05, 4.69) is 10.6 Å². The maximum absolute atomic E-state index is 12.3. The van der Waals surface area contributed by atoms with Crippen LogP contribution in [0.15, 0.2) is 42.5 Å². The molecule has 4 heteroatoms. The molecule has 0 aliphatic heterocycles. The fourth-order valence-corrected chi connectivity index (χ4v) is 2.09. The lowest BCUT2D eigenvalue weighted by Gasteiger charge is -2.16. The summed E-state index contributed by atoms with van der Waals surface area (Å²) in [5, 5.41) is 15.8. The first-order chi connectivity index (χ1) is 10.0. The fourth-order valence-electron chi connectivity index (χ4n) is 2.09. The van der Waals surface area contributed by atoms with E-state index in [1.807, 2.05) is 38.2 Å². The number of anilines is 1. The molecule has 21 heavy (non-hydrogen) atoms. The van der Waals surface area contributed by atoms with Gasteiger partial charge in [-0.2, -0.15) is 0 Å². The number of carbonyl (C=O) groups excluding carboxylic acids is 1. The lowest BCUT2D eigenvalue weighted by Crippen LogP contribution is -2.18.